The Bertz CT molecular complexity index is 190. The molecule has 0 radical (unpaired) electrons. The largest absolute Gasteiger partial charge is 0.481 e. The van der Waals surface area contributed by atoms with Crippen LogP contribution in [0, 0.1) is 11.3 Å². The van der Waals surface area contributed by atoms with Crippen LogP contribution in [0.3, 0.4) is 0 Å². The van der Waals surface area contributed by atoms with Crippen molar-refractivity contribution in [1.29, 1.82) is 0 Å². The Hall–Kier alpha value is -1.06. The maximum Gasteiger partial charge on any atom is 0.320 e. The van der Waals surface area contributed by atoms with Crippen LogP contribution in [0.25, 0.3) is 0 Å². The smallest absolute Gasteiger partial charge is 0.320 e. The van der Waals surface area contributed by atoms with Gasteiger partial charge in [0.1, 0.15) is 0 Å². The van der Waals surface area contributed by atoms with E-state index in [9.17, 15) is 9.59 Å². The molecule has 1 unspecified atom stereocenters. The summed E-state index contributed by atoms with van der Waals surface area (Å²) in [7, 11) is 1.18. The molecule has 0 aliphatic rings. The van der Waals surface area contributed by atoms with Gasteiger partial charge in [0, 0.05) is 0 Å². The van der Waals surface area contributed by atoms with Crippen molar-refractivity contribution in [2.45, 2.75) is 20.8 Å². The van der Waals surface area contributed by atoms with Crippen LogP contribution in [0.4, 0.5) is 0 Å². The predicted molar refractivity (Wildman–Crippen MR) is 42.6 cm³/mol. The molecule has 0 saturated carbocycles. The molecule has 0 saturated heterocycles. The van der Waals surface area contributed by atoms with Gasteiger partial charge in [-0.3, -0.25) is 9.59 Å². The van der Waals surface area contributed by atoms with Gasteiger partial charge in [0.2, 0.25) is 0 Å². The first-order chi connectivity index (χ1) is 5.30. The highest BCUT2D eigenvalue weighted by molar-refractivity contribution is 5.94. The average molecular weight is 174 g/mol. The van der Waals surface area contributed by atoms with Crippen LogP contribution >= 0.6 is 0 Å². The van der Waals surface area contributed by atoms with E-state index in [-0.39, 0.29) is 0 Å². The summed E-state index contributed by atoms with van der Waals surface area (Å²) in [5.41, 5.74) is -0.612. The molecule has 0 amide bonds. The van der Waals surface area contributed by atoms with Crippen molar-refractivity contribution in [1.82, 2.24) is 0 Å². The highest BCUT2D eigenvalue weighted by Crippen LogP contribution is 2.26. The second-order valence-electron chi connectivity index (χ2n) is 3.66. The minimum atomic E-state index is -1.14. The van der Waals surface area contributed by atoms with Crippen molar-refractivity contribution < 1.29 is 19.4 Å². The van der Waals surface area contributed by atoms with Crippen LogP contribution in [-0.2, 0) is 14.3 Å². The third-order valence-electron chi connectivity index (χ3n) is 1.55. The fourth-order valence-electron chi connectivity index (χ4n) is 0.943. The lowest BCUT2D eigenvalue weighted by atomic mass is 9.81. The van der Waals surface area contributed by atoms with E-state index in [0.717, 1.165) is 0 Å². The molecule has 1 N–H and O–H groups in total. The minimum absolute atomic E-state index is 0.612. The number of carboxylic acid groups (broad SMARTS) is 1. The Kier molecular flexibility index (Phi) is 3.24. The third kappa shape index (κ3) is 2.53. The first-order valence-electron chi connectivity index (χ1n) is 3.61. The van der Waals surface area contributed by atoms with Crippen molar-refractivity contribution in [2.75, 3.05) is 7.11 Å². The zero-order valence-electron chi connectivity index (χ0n) is 7.75. The molecule has 0 bridgehead atoms. The molecule has 1 atom stereocenters. The number of methoxy groups -OCH3 is 1. The maximum atomic E-state index is 11.0. The Morgan fingerprint density at radius 2 is 1.75 bits per heavy atom. The molecule has 0 spiro atoms. The number of carbonyl (C=O) groups is 2. The van der Waals surface area contributed by atoms with Crippen LogP contribution < -0.4 is 0 Å². The van der Waals surface area contributed by atoms with E-state index in [1.54, 1.807) is 20.8 Å². The standard InChI is InChI=1S/C8H14O4/c1-8(2,3)5(6(9)10)7(11)12-4/h5H,1-4H3,(H,9,10). The molecule has 0 fully saturated rings. The Morgan fingerprint density at radius 3 is 1.83 bits per heavy atom. The van der Waals surface area contributed by atoms with Gasteiger partial charge in [-0.2, -0.15) is 0 Å². The maximum absolute atomic E-state index is 11.0. The molecule has 0 aliphatic heterocycles. The number of esters is 1. The molecular weight excluding hydrogens is 160 g/mol. The molecular formula is C8H14O4. The number of aliphatic carboxylic acids is 1. The van der Waals surface area contributed by atoms with Crippen molar-refractivity contribution in [2.24, 2.45) is 11.3 Å². The number of hydrogen-bond donors (Lipinski definition) is 1. The topological polar surface area (TPSA) is 63.6 Å². The summed E-state index contributed by atoms with van der Waals surface area (Å²) in [5, 5.41) is 8.71. The fraction of sp³-hybridized carbons (Fsp3) is 0.750. The molecule has 0 heterocycles. The highest BCUT2D eigenvalue weighted by Gasteiger charge is 2.38. The van der Waals surface area contributed by atoms with E-state index in [1.807, 2.05) is 0 Å². The van der Waals surface area contributed by atoms with Crippen LogP contribution in [-0.4, -0.2) is 24.2 Å². The van der Waals surface area contributed by atoms with Gasteiger partial charge in [0.25, 0.3) is 0 Å². The molecule has 4 heteroatoms. The third-order valence-corrected chi connectivity index (χ3v) is 1.55. The first kappa shape index (κ1) is 10.9. The molecule has 0 aromatic rings. The Balaban J connectivity index is 4.68. The van der Waals surface area contributed by atoms with Crippen molar-refractivity contribution in [3.05, 3.63) is 0 Å². The predicted octanol–water partition coefficient (Wildman–Crippen LogP) is 0.906. The van der Waals surface area contributed by atoms with Gasteiger partial charge in [-0.25, -0.2) is 0 Å². The highest BCUT2D eigenvalue weighted by atomic mass is 16.5. The lowest BCUT2D eigenvalue weighted by Crippen LogP contribution is -2.36. The van der Waals surface area contributed by atoms with Gasteiger partial charge in [0.05, 0.1) is 7.11 Å². The van der Waals surface area contributed by atoms with Crippen LogP contribution in [0.5, 0.6) is 0 Å². The van der Waals surface area contributed by atoms with Crippen LogP contribution in [0.15, 0.2) is 0 Å². The summed E-state index contributed by atoms with van der Waals surface area (Å²) < 4.78 is 4.38. The molecule has 0 aliphatic carbocycles. The fourth-order valence-corrected chi connectivity index (χ4v) is 0.943. The van der Waals surface area contributed by atoms with Crippen molar-refractivity contribution in [3.8, 4) is 0 Å². The van der Waals surface area contributed by atoms with E-state index in [4.69, 9.17) is 5.11 Å². The molecule has 70 valence electrons. The summed E-state index contributed by atoms with van der Waals surface area (Å²) in [5.74, 6) is -2.94. The van der Waals surface area contributed by atoms with E-state index in [2.05, 4.69) is 4.74 Å². The van der Waals surface area contributed by atoms with E-state index in [1.165, 1.54) is 7.11 Å². The Labute approximate surface area is 71.5 Å². The first-order valence-corrected chi connectivity index (χ1v) is 3.61. The van der Waals surface area contributed by atoms with Gasteiger partial charge < -0.3 is 9.84 Å². The van der Waals surface area contributed by atoms with E-state index >= 15 is 0 Å². The van der Waals surface area contributed by atoms with E-state index in [0.29, 0.717) is 0 Å². The van der Waals surface area contributed by atoms with Crippen LogP contribution in [0.2, 0.25) is 0 Å². The van der Waals surface area contributed by atoms with Crippen molar-refractivity contribution in [3.63, 3.8) is 0 Å². The summed E-state index contributed by atoms with van der Waals surface area (Å²) >= 11 is 0. The molecule has 4 nitrogen and oxygen atoms in total. The molecule has 0 aromatic heterocycles. The number of carbonyl (C=O) groups excluding carboxylic acids is 1. The average Bonchev–Trinajstić information content (AvgIpc) is 1.83. The lowest BCUT2D eigenvalue weighted by Gasteiger charge is -2.24. The quantitative estimate of drug-likeness (QED) is 0.499. The minimum Gasteiger partial charge on any atom is -0.481 e. The van der Waals surface area contributed by atoms with Gasteiger partial charge in [-0.1, -0.05) is 20.8 Å². The Morgan fingerprint density at radius 1 is 1.33 bits per heavy atom. The summed E-state index contributed by atoms with van der Waals surface area (Å²) in [6.07, 6.45) is 0. The van der Waals surface area contributed by atoms with Gasteiger partial charge in [0.15, 0.2) is 5.92 Å². The number of rotatable bonds is 2. The molecule has 0 aromatic carbocycles. The molecule has 12 heavy (non-hydrogen) atoms. The molecule has 0 rings (SSSR count). The van der Waals surface area contributed by atoms with Crippen LogP contribution in [0.1, 0.15) is 20.8 Å². The number of hydrogen-bond acceptors (Lipinski definition) is 3. The number of carboxylic acids is 1. The SMILES string of the molecule is COC(=O)C(C(=O)O)C(C)(C)C. The lowest BCUT2D eigenvalue weighted by molar-refractivity contribution is -0.161. The normalized spacial score (nSPS) is 13.7. The summed E-state index contributed by atoms with van der Waals surface area (Å²) in [6, 6.07) is 0. The van der Waals surface area contributed by atoms with Gasteiger partial charge in [-0.05, 0) is 5.41 Å². The zero-order valence-corrected chi connectivity index (χ0v) is 7.75. The second kappa shape index (κ2) is 3.56. The number of ether oxygens (including phenoxy) is 1. The summed E-state index contributed by atoms with van der Waals surface area (Å²) in [6.45, 7) is 5.05. The van der Waals surface area contributed by atoms with Gasteiger partial charge >= 0.3 is 11.9 Å². The van der Waals surface area contributed by atoms with E-state index < -0.39 is 23.3 Å². The zero-order chi connectivity index (χ0) is 9.94. The second-order valence-corrected chi connectivity index (χ2v) is 3.66. The summed E-state index contributed by atoms with van der Waals surface area (Å²) in [4.78, 5) is 21.6. The van der Waals surface area contributed by atoms with Crippen molar-refractivity contribution >= 4 is 11.9 Å². The van der Waals surface area contributed by atoms with Gasteiger partial charge in [-0.15, -0.1) is 0 Å². The monoisotopic (exact) mass is 174 g/mol.